The number of fused-ring (bicyclic) bond motifs is 1. The molecule has 0 saturated carbocycles. The van der Waals surface area contributed by atoms with Crippen molar-refractivity contribution in [3.05, 3.63) is 58.8 Å². The number of imidazole rings is 1. The highest BCUT2D eigenvalue weighted by atomic mass is 35.5. The number of hydrogen-bond acceptors (Lipinski definition) is 6. The normalized spacial score (nSPS) is 17.1. The molecule has 1 atom stereocenters. The summed E-state index contributed by atoms with van der Waals surface area (Å²) < 4.78 is 47.6. The van der Waals surface area contributed by atoms with Crippen molar-refractivity contribution in [3.63, 3.8) is 0 Å². The van der Waals surface area contributed by atoms with Crippen LogP contribution in [0.5, 0.6) is 0 Å². The number of anilines is 1. The van der Waals surface area contributed by atoms with E-state index in [0.717, 1.165) is 10.5 Å². The fourth-order valence-corrected chi connectivity index (χ4v) is 4.76. The molecule has 0 radical (unpaired) electrons. The zero-order valence-corrected chi connectivity index (χ0v) is 19.0. The van der Waals surface area contributed by atoms with Crippen LogP contribution < -0.4 is 4.90 Å². The number of carbonyl (C=O) groups excluding carboxylic acids is 2. The minimum absolute atomic E-state index is 0.182. The van der Waals surface area contributed by atoms with Gasteiger partial charge >= 0.3 is 6.18 Å². The van der Waals surface area contributed by atoms with Crippen molar-refractivity contribution in [2.45, 2.75) is 19.1 Å². The van der Waals surface area contributed by atoms with E-state index in [1.807, 2.05) is 0 Å². The molecular formula is C21H15ClF3N5O3S. The van der Waals surface area contributed by atoms with E-state index in [1.165, 1.54) is 45.9 Å². The molecule has 4 aromatic heterocycles. The lowest BCUT2D eigenvalue weighted by Gasteiger charge is -2.37. The van der Waals surface area contributed by atoms with Gasteiger partial charge in [0.2, 0.25) is 5.91 Å². The highest BCUT2D eigenvalue weighted by Gasteiger charge is 2.39. The van der Waals surface area contributed by atoms with Gasteiger partial charge in [-0.15, -0.1) is 11.3 Å². The molecule has 13 heteroatoms. The summed E-state index contributed by atoms with van der Waals surface area (Å²) in [5.74, 6) is -1.09. The number of furan rings is 1. The molecule has 34 heavy (non-hydrogen) atoms. The molecule has 2 amide bonds. The number of carbonyl (C=O) groups is 2. The summed E-state index contributed by atoms with van der Waals surface area (Å²) in [6.07, 6.45) is 0.811. The lowest BCUT2D eigenvalue weighted by molar-refractivity contribution is -0.136. The summed E-state index contributed by atoms with van der Waals surface area (Å²) in [6, 6.07) is 1.99. The van der Waals surface area contributed by atoms with Crippen molar-refractivity contribution in [1.29, 1.82) is 0 Å². The molecule has 1 saturated heterocycles. The quantitative estimate of drug-likeness (QED) is 0.403. The van der Waals surface area contributed by atoms with Crippen LogP contribution in [0.3, 0.4) is 0 Å². The number of hydrogen-bond donors (Lipinski definition) is 0. The second-order valence-electron chi connectivity index (χ2n) is 7.70. The second kappa shape index (κ2) is 8.13. The Hall–Kier alpha value is -3.38. The number of nitrogens with zero attached hydrogens (tertiary/aromatic N) is 5. The second-order valence-corrected chi connectivity index (χ2v) is 8.93. The van der Waals surface area contributed by atoms with E-state index in [9.17, 15) is 22.8 Å². The predicted octanol–water partition coefficient (Wildman–Crippen LogP) is 4.60. The van der Waals surface area contributed by atoms with E-state index in [1.54, 1.807) is 18.5 Å². The Kier molecular flexibility index (Phi) is 5.36. The standard InChI is InChI=1S/C21H15ClF3N5O3S/c1-11-7-29(20-26-3-5-34-20)15(31)9-28(11)19(32)16-17(22)30-8-13(12-2-4-33-10-12)6-14(18(30)27-16)21(23,24)25/h2-6,8,10-11H,7,9H2,1H3. The zero-order valence-electron chi connectivity index (χ0n) is 17.4. The van der Waals surface area contributed by atoms with Gasteiger partial charge in [-0.1, -0.05) is 11.6 Å². The first-order valence-corrected chi connectivity index (χ1v) is 11.2. The number of alkyl halides is 3. The molecule has 0 aliphatic carbocycles. The van der Waals surface area contributed by atoms with Gasteiger partial charge in [-0.2, -0.15) is 13.2 Å². The van der Waals surface area contributed by atoms with Crippen LogP contribution in [-0.4, -0.2) is 50.2 Å². The van der Waals surface area contributed by atoms with Crippen LogP contribution in [0.25, 0.3) is 16.8 Å². The third-order valence-electron chi connectivity index (χ3n) is 5.52. The molecule has 1 unspecified atom stereocenters. The first kappa shape index (κ1) is 22.4. The van der Waals surface area contributed by atoms with Crippen molar-refractivity contribution in [1.82, 2.24) is 19.3 Å². The van der Waals surface area contributed by atoms with E-state index in [0.29, 0.717) is 10.7 Å². The number of pyridine rings is 1. The maximum atomic E-state index is 13.9. The SMILES string of the molecule is CC1CN(c2nccs2)C(=O)CN1C(=O)c1nc2c(C(F)(F)F)cc(-c3ccoc3)cn2c1Cl. The number of thiazole rings is 1. The van der Waals surface area contributed by atoms with Gasteiger partial charge in [-0.3, -0.25) is 18.9 Å². The van der Waals surface area contributed by atoms with Crippen molar-refractivity contribution in [2.75, 3.05) is 18.0 Å². The molecular weight excluding hydrogens is 495 g/mol. The number of rotatable bonds is 3. The summed E-state index contributed by atoms with van der Waals surface area (Å²) in [7, 11) is 0. The summed E-state index contributed by atoms with van der Waals surface area (Å²) in [4.78, 5) is 36.8. The van der Waals surface area contributed by atoms with Crippen molar-refractivity contribution < 1.29 is 27.2 Å². The Bertz CT molecular complexity index is 1390. The smallest absolute Gasteiger partial charge is 0.420 e. The Labute approximate surface area is 199 Å². The van der Waals surface area contributed by atoms with E-state index < -0.39 is 29.3 Å². The minimum atomic E-state index is -4.75. The highest BCUT2D eigenvalue weighted by Crippen LogP contribution is 2.37. The lowest BCUT2D eigenvalue weighted by Crippen LogP contribution is -2.57. The Balaban J connectivity index is 1.54. The molecule has 5 heterocycles. The molecule has 0 spiro atoms. The van der Waals surface area contributed by atoms with Crippen LogP contribution in [0.2, 0.25) is 5.15 Å². The molecule has 4 aromatic rings. The summed E-state index contributed by atoms with van der Waals surface area (Å²) in [6.45, 7) is 1.63. The molecule has 0 aromatic carbocycles. The molecule has 1 aliphatic rings. The van der Waals surface area contributed by atoms with Crippen LogP contribution in [0.4, 0.5) is 18.3 Å². The van der Waals surface area contributed by atoms with Gasteiger partial charge < -0.3 is 9.32 Å². The van der Waals surface area contributed by atoms with E-state index in [-0.39, 0.29) is 35.4 Å². The van der Waals surface area contributed by atoms with Crippen LogP contribution >= 0.6 is 22.9 Å². The molecule has 0 N–H and O–H groups in total. The maximum Gasteiger partial charge on any atom is 0.420 e. The average Bonchev–Trinajstić information content (AvgIpc) is 3.55. The Morgan fingerprint density at radius 2 is 2.12 bits per heavy atom. The van der Waals surface area contributed by atoms with Crippen LogP contribution in [0.1, 0.15) is 23.0 Å². The molecule has 176 valence electrons. The predicted molar refractivity (Wildman–Crippen MR) is 118 cm³/mol. The van der Waals surface area contributed by atoms with Crippen molar-refractivity contribution >= 4 is 45.5 Å². The van der Waals surface area contributed by atoms with Crippen LogP contribution in [0.15, 0.2) is 46.8 Å². The zero-order chi connectivity index (χ0) is 24.2. The number of amides is 2. The van der Waals surface area contributed by atoms with Crippen molar-refractivity contribution in [3.8, 4) is 11.1 Å². The topological polar surface area (TPSA) is 84.0 Å². The minimum Gasteiger partial charge on any atom is -0.472 e. The molecule has 1 aliphatic heterocycles. The highest BCUT2D eigenvalue weighted by molar-refractivity contribution is 7.13. The molecule has 5 rings (SSSR count). The average molecular weight is 510 g/mol. The van der Waals surface area contributed by atoms with Gasteiger partial charge in [0.25, 0.3) is 5.91 Å². The lowest BCUT2D eigenvalue weighted by atomic mass is 10.1. The largest absolute Gasteiger partial charge is 0.472 e. The van der Waals surface area contributed by atoms with Gasteiger partial charge in [0.1, 0.15) is 11.7 Å². The fourth-order valence-electron chi connectivity index (χ4n) is 3.84. The van der Waals surface area contributed by atoms with Gasteiger partial charge in [0.15, 0.2) is 16.5 Å². The summed E-state index contributed by atoms with van der Waals surface area (Å²) in [5.41, 5.74) is -1.33. The van der Waals surface area contributed by atoms with Crippen molar-refractivity contribution in [2.24, 2.45) is 0 Å². The molecule has 8 nitrogen and oxygen atoms in total. The van der Waals surface area contributed by atoms with Crippen LogP contribution in [-0.2, 0) is 11.0 Å². The first-order valence-electron chi connectivity index (χ1n) is 9.97. The first-order chi connectivity index (χ1) is 16.1. The molecule has 1 fully saturated rings. The summed E-state index contributed by atoms with van der Waals surface area (Å²) >= 11 is 7.67. The fraction of sp³-hybridized carbons (Fsp3) is 0.238. The van der Waals surface area contributed by atoms with Gasteiger partial charge in [0.05, 0.1) is 18.1 Å². The monoisotopic (exact) mass is 509 g/mol. The van der Waals surface area contributed by atoms with E-state index >= 15 is 0 Å². The summed E-state index contributed by atoms with van der Waals surface area (Å²) in [5, 5.41) is 1.96. The Morgan fingerprint density at radius 1 is 1.32 bits per heavy atom. The van der Waals surface area contributed by atoms with Gasteiger partial charge in [-0.05, 0) is 19.1 Å². The van der Waals surface area contributed by atoms with E-state index in [4.69, 9.17) is 16.0 Å². The Morgan fingerprint density at radius 3 is 2.76 bits per heavy atom. The number of halogens is 4. The van der Waals surface area contributed by atoms with Gasteiger partial charge in [-0.25, -0.2) is 9.97 Å². The number of piperazine rings is 1. The van der Waals surface area contributed by atoms with E-state index in [2.05, 4.69) is 9.97 Å². The van der Waals surface area contributed by atoms with Crippen LogP contribution in [0, 0.1) is 0 Å². The molecule has 0 bridgehead atoms. The third-order valence-corrected chi connectivity index (χ3v) is 6.68. The third kappa shape index (κ3) is 3.72. The number of aromatic nitrogens is 3. The van der Waals surface area contributed by atoms with Gasteiger partial charge in [0, 0.05) is 41.5 Å². The maximum absolute atomic E-state index is 13.9.